The van der Waals surface area contributed by atoms with E-state index in [0.29, 0.717) is 11.3 Å². The highest BCUT2D eigenvalue weighted by atomic mass is 32.2. The molecule has 10 heteroatoms. The fourth-order valence-corrected chi connectivity index (χ4v) is 6.49. The van der Waals surface area contributed by atoms with Gasteiger partial charge in [0.15, 0.2) is 0 Å². The Morgan fingerprint density at radius 3 is 2.02 bits per heavy atom. The largest absolute Gasteiger partial charge is 0.497 e. The third kappa shape index (κ3) is 8.66. The standard InChI is InChI=1S/C36H41N3O6S/c1-36(2,3)37-35(41)32(24-27-15-8-6-9-16-27)38(25-28-17-14-18-29(23-28)44-4)34(40)26-39(31-21-12-13-22-33(31)45-5)46(42,43)30-19-10-7-11-20-30/h6-23,32H,24-26H2,1-5H3,(H,37,41)/t32-/m1/s1. The van der Waals surface area contributed by atoms with E-state index in [9.17, 15) is 18.0 Å². The quantitative estimate of drug-likeness (QED) is 0.208. The van der Waals surface area contributed by atoms with Crippen LogP contribution in [-0.2, 0) is 32.6 Å². The zero-order valence-corrected chi connectivity index (χ0v) is 27.7. The molecular weight excluding hydrogens is 602 g/mol. The van der Waals surface area contributed by atoms with Crippen molar-refractivity contribution in [3.05, 3.63) is 120 Å². The second kappa shape index (κ2) is 15.0. The van der Waals surface area contributed by atoms with E-state index in [1.54, 1.807) is 67.8 Å². The van der Waals surface area contributed by atoms with Crippen molar-refractivity contribution in [2.24, 2.45) is 0 Å². The molecule has 0 radical (unpaired) electrons. The highest BCUT2D eigenvalue weighted by molar-refractivity contribution is 7.92. The minimum absolute atomic E-state index is 0.0133. The zero-order chi connectivity index (χ0) is 33.3. The van der Waals surface area contributed by atoms with Crippen molar-refractivity contribution in [1.82, 2.24) is 10.2 Å². The first-order chi connectivity index (χ1) is 21.9. The van der Waals surface area contributed by atoms with Crippen molar-refractivity contribution < 1.29 is 27.5 Å². The summed E-state index contributed by atoms with van der Waals surface area (Å²) in [6.07, 6.45) is 0.207. The van der Waals surface area contributed by atoms with Gasteiger partial charge in [0.2, 0.25) is 11.8 Å². The molecule has 0 aliphatic rings. The number of hydrogen-bond acceptors (Lipinski definition) is 6. The fourth-order valence-electron chi connectivity index (χ4n) is 5.04. The maximum atomic E-state index is 14.6. The molecular formula is C36H41N3O6S. The molecule has 0 saturated heterocycles. The number of sulfonamides is 1. The van der Waals surface area contributed by atoms with Crippen molar-refractivity contribution >= 4 is 27.5 Å². The molecule has 0 unspecified atom stereocenters. The summed E-state index contributed by atoms with van der Waals surface area (Å²) in [5.41, 5.74) is 1.17. The van der Waals surface area contributed by atoms with Crippen LogP contribution in [0.5, 0.6) is 11.5 Å². The summed E-state index contributed by atoms with van der Waals surface area (Å²) >= 11 is 0. The minimum atomic E-state index is -4.25. The lowest BCUT2D eigenvalue weighted by molar-refractivity contribution is -0.140. The van der Waals surface area contributed by atoms with E-state index >= 15 is 0 Å². The Morgan fingerprint density at radius 1 is 0.783 bits per heavy atom. The lowest BCUT2D eigenvalue weighted by Crippen LogP contribution is -2.56. The van der Waals surface area contributed by atoms with E-state index in [1.807, 2.05) is 57.2 Å². The summed E-state index contributed by atoms with van der Waals surface area (Å²) in [6, 6.07) is 30.2. The van der Waals surface area contributed by atoms with Gasteiger partial charge in [0.1, 0.15) is 24.1 Å². The first-order valence-corrected chi connectivity index (χ1v) is 16.4. The normalized spacial score (nSPS) is 12.1. The Hall–Kier alpha value is -4.83. The van der Waals surface area contributed by atoms with Gasteiger partial charge in [0, 0.05) is 18.5 Å². The summed E-state index contributed by atoms with van der Waals surface area (Å²) in [6.45, 7) is 5.05. The average molecular weight is 644 g/mol. The number of ether oxygens (including phenoxy) is 2. The summed E-state index contributed by atoms with van der Waals surface area (Å²) in [7, 11) is -1.25. The molecule has 0 heterocycles. The number of rotatable bonds is 13. The van der Waals surface area contributed by atoms with Gasteiger partial charge >= 0.3 is 0 Å². The third-order valence-electron chi connectivity index (χ3n) is 7.22. The Labute approximate surface area is 271 Å². The highest BCUT2D eigenvalue weighted by Gasteiger charge is 2.36. The first kappa shape index (κ1) is 34.1. The number of anilines is 1. The van der Waals surface area contributed by atoms with Crippen LogP contribution < -0.4 is 19.1 Å². The van der Waals surface area contributed by atoms with Crippen LogP contribution in [0.4, 0.5) is 5.69 Å². The SMILES string of the molecule is COc1cccc(CN(C(=O)CN(c2ccccc2OC)S(=O)(=O)c2ccccc2)[C@H](Cc2ccccc2)C(=O)NC(C)(C)C)c1. The van der Waals surface area contributed by atoms with Crippen LogP contribution in [0.3, 0.4) is 0 Å². The zero-order valence-electron chi connectivity index (χ0n) is 26.8. The number of carbonyl (C=O) groups is 2. The van der Waals surface area contributed by atoms with Crippen LogP contribution >= 0.6 is 0 Å². The molecule has 0 aromatic heterocycles. The second-order valence-electron chi connectivity index (χ2n) is 11.8. The Morgan fingerprint density at radius 2 is 1.39 bits per heavy atom. The molecule has 1 N–H and O–H groups in total. The van der Waals surface area contributed by atoms with Crippen molar-refractivity contribution in [3.63, 3.8) is 0 Å². The topological polar surface area (TPSA) is 105 Å². The van der Waals surface area contributed by atoms with Gasteiger partial charge in [-0.15, -0.1) is 0 Å². The molecule has 4 rings (SSSR count). The van der Waals surface area contributed by atoms with E-state index in [2.05, 4.69) is 5.32 Å². The summed E-state index contributed by atoms with van der Waals surface area (Å²) in [5.74, 6) is -0.0630. The van der Waals surface area contributed by atoms with Gasteiger partial charge in [-0.2, -0.15) is 0 Å². The van der Waals surface area contributed by atoms with Crippen LogP contribution in [0, 0.1) is 0 Å². The third-order valence-corrected chi connectivity index (χ3v) is 8.99. The molecule has 0 bridgehead atoms. The summed E-state index contributed by atoms with van der Waals surface area (Å²) < 4.78 is 40.4. The molecule has 0 spiro atoms. The van der Waals surface area contributed by atoms with Crippen molar-refractivity contribution in [1.29, 1.82) is 0 Å². The van der Waals surface area contributed by atoms with Crippen LogP contribution in [0.1, 0.15) is 31.9 Å². The van der Waals surface area contributed by atoms with E-state index in [4.69, 9.17) is 9.47 Å². The van der Waals surface area contributed by atoms with Crippen LogP contribution in [0.25, 0.3) is 0 Å². The fraction of sp³-hybridized carbons (Fsp3) is 0.278. The molecule has 4 aromatic rings. The Bertz CT molecular complexity index is 1720. The number of amides is 2. The number of hydrogen-bond donors (Lipinski definition) is 1. The van der Waals surface area contributed by atoms with Crippen molar-refractivity contribution in [3.8, 4) is 11.5 Å². The Kier molecular flexibility index (Phi) is 11.1. The molecule has 1 atom stereocenters. The van der Waals surface area contributed by atoms with Crippen molar-refractivity contribution in [2.45, 2.75) is 50.2 Å². The number of nitrogens with one attached hydrogen (secondary N) is 1. The minimum Gasteiger partial charge on any atom is -0.497 e. The van der Waals surface area contributed by atoms with Gasteiger partial charge in [0.25, 0.3) is 10.0 Å². The molecule has 242 valence electrons. The van der Waals surface area contributed by atoms with Crippen molar-refractivity contribution in [2.75, 3.05) is 25.1 Å². The van der Waals surface area contributed by atoms with E-state index in [1.165, 1.54) is 24.1 Å². The van der Waals surface area contributed by atoms with Gasteiger partial charge in [-0.3, -0.25) is 13.9 Å². The summed E-state index contributed by atoms with van der Waals surface area (Å²) in [5, 5.41) is 3.03. The average Bonchev–Trinajstić information content (AvgIpc) is 3.05. The Balaban J connectivity index is 1.85. The van der Waals surface area contributed by atoms with Crippen LogP contribution in [0.2, 0.25) is 0 Å². The van der Waals surface area contributed by atoms with Gasteiger partial charge in [0.05, 0.1) is 24.8 Å². The molecule has 2 amide bonds. The lowest BCUT2D eigenvalue weighted by atomic mass is 10.0. The maximum Gasteiger partial charge on any atom is 0.264 e. The first-order valence-electron chi connectivity index (χ1n) is 14.9. The van der Waals surface area contributed by atoms with Gasteiger partial charge in [-0.05, 0) is 68.3 Å². The smallest absolute Gasteiger partial charge is 0.264 e. The van der Waals surface area contributed by atoms with Gasteiger partial charge < -0.3 is 19.7 Å². The number of carbonyl (C=O) groups excluding carboxylic acids is 2. The highest BCUT2D eigenvalue weighted by Crippen LogP contribution is 2.32. The monoisotopic (exact) mass is 643 g/mol. The number of methoxy groups -OCH3 is 2. The molecule has 0 fully saturated rings. The predicted molar refractivity (Wildman–Crippen MR) is 179 cm³/mol. The van der Waals surface area contributed by atoms with Gasteiger partial charge in [-0.1, -0.05) is 72.8 Å². The number of nitrogens with zero attached hydrogens (tertiary/aromatic N) is 2. The number of benzene rings is 4. The molecule has 0 aliphatic carbocycles. The molecule has 0 aliphatic heterocycles. The molecule has 9 nitrogen and oxygen atoms in total. The predicted octanol–water partition coefficient (Wildman–Crippen LogP) is 5.45. The van der Waals surface area contributed by atoms with E-state index in [0.717, 1.165) is 9.87 Å². The second-order valence-corrected chi connectivity index (χ2v) is 13.7. The van der Waals surface area contributed by atoms with Gasteiger partial charge in [-0.25, -0.2) is 8.42 Å². The van der Waals surface area contributed by atoms with Crippen LogP contribution in [-0.4, -0.2) is 57.5 Å². The molecule has 46 heavy (non-hydrogen) atoms. The van der Waals surface area contributed by atoms with Crippen LogP contribution in [0.15, 0.2) is 114 Å². The molecule has 4 aromatic carbocycles. The summed E-state index contributed by atoms with van der Waals surface area (Å²) in [4.78, 5) is 30.1. The molecule has 0 saturated carbocycles. The maximum absolute atomic E-state index is 14.6. The number of para-hydroxylation sites is 2. The lowest BCUT2D eigenvalue weighted by Gasteiger charge is -2.35. The van der Waals surface area contributed by atoms with E-state index in [-0.39, 0.29) is 35.2 Å². The van der Waals surface area contributed by atoms with E-state index < -0.39 is 34.1 Å².